The molecule has 5 nitrogen and oxygen atoms in total. The summed E-state index contributed by atoms with van der Waals surface area (Å²) in [6, 6.07) is 15.2. The molecule has 4 aromatic rings. The average molecular weight is 368 g/mol. The van der Waals surface area contributed by atoms with Gasteiger partial charge in [-0.05, 0) is 48.7 Å². The third-order valence-corrected chi connectivity index (χ3v) is 4.89. The largest absolute Gasteiger partial charge is 0.448 e. The van der Waals surface area contributed by atoms with Crippen LogP contribution in [0.3, 0.4) is 0 Å². The van der Waals surface area contributed by atoms with E-state index in [4.69, 9.17) is 9.15 Å². The van der Waals surface area contributed by atoms with E-state index in [0.717, 1.165) is 10.1 Å². The van der Waals surface area contributed by atoms with Crippen LogP contribution in [0.4, 0.5) is 4.39 Å². The SMILES string of the molecule is C[C@@H](OC(=O)c1cc2ccccc2s1)c1nnc(-c2ccc(F)cc2)o1. The minimum atomic E-state index is -0.700. The van der Waals surface area contributed by atoms with E-state index in [-0.39, 0.29) is 17.6 Å². The summed E-state index contributed by atoms with van der Waals surface area (Å²) in [5.41, 5.74) is 0.591. The van der Waals surface area contributed by atoms with Crippen molar-refractivity contribution < 1.29 is 18.3 Å². The second-order valence-electron chi connectivity index (χ2n) is 5.65. The quantitative estimate of drug-likeness (QED) is 0.474. The second kappa shape index (κ2) is 6.68. The molecule has 1 atom stereocenters. The highest BCUT2D eigenvalue weighted by Crippen LogP contribution is 2.28. The van der Waals surface area contributed by atoms with Crippen LogP contribution in [-0.4, -0.2) is 16.2 Å². The number of benzene rings is 2. The highest BCUT2D eigenvalue weighted by molar-refractivity contribution is 7.20. The fourth-order valence-electron chi connectivity index (χ4n) is 2.46. The van der Waals surface area contributed by atoms with Crippen LogP contribution in [-0.2, 0) is 4.74 Å². The average Bonchev–Trinajstić information content (AvgIpc) is 3.29. The van der Waals surface area contributed by atoms with Crippen LogP contribution in [0.25, 0.3) is 21.5 Å². The molecule has 0 aliphatic heterocycles. The number of nitrogens with zero attached hydrogens (tertiary/aromatic N) is 2. The first kappa shape index (κ1) is 16.4. The van der Waals surface area contributed by atoms with Crippen molar-refractivity contribution in [2.45, 2.75) is 13.0 Å². The summed E-state index contributed by atoms with van der Waals surface area (Å²) < 4.78 is 25.0. The van der Waals surface area contributed by atoms with Crippen molar-refractivity contribution in [1.29, 1.82) is 0 Å². The van der Waals surface area contributed by atoms with Gasteiger partial charge in [0, 0.05) is 10.3 Å². The molecule has 0 saturated carbocycles. The van der Waals surface area contributed by atoms with Crippen LogP contribution in [0.2, 0.25) is 0 Å². The van der Waals surface area contributed by atoms with Crippen LogP contribution < -0.4 is 0 Å². The third-order valence-electron chi connectivity index (χ3n) is 3.79. The minimum absolute atomic E-state index is 0.179. The van der Waals surface area contributed by atoms with Gasteiger partial charge in [-0.3, -0.25) is 0 Å². The van der Waals surface area contributed by atoms with Gasteiger partial charge < -0.3 is 9.15 Å². The summed E-state index contributed by atoms with van der Waals surface area (Å²) in [5, 5.41) is 8.84. The maximum absolute atomic E-state index is 13.0. The first-order valence-corrected chi connectivity index (χ1v) is 8.71. The normalized spacial score (nSPS) is 12.2. The molecule has 2 aromatic carbocycles. The van der Waals surface area contributed by atoms with Crippen LogP contribution in [0.15, 0.2) is 59.0 Å². The monoisotopic (exact) mass is 368 g/mol. The first-order valence-electron chi connectivity index (χ1n) is 7.89. The Morgan fingerprint density at radius 1 is 1.15 bits per heavy atom. The molecule has 0 aliphatic carbocycles. The smallest absolute Gasteiger partial charge is 0.349 e. The first-order chi connectivity index (χ1) is 12.6. The number of carbonyl (C=O) groups is 1. The molecule has 130 valence electrons. The molecule has 0 saturated heterocycles. The van der Waals surface area contributed by atoms with Gasteiger partial charge in [0.25, 0.3) is 5.89 Å². The molecule has 0 bridgehead atoms. The Kier molecular flexibility index (Phi) is 4.22. The maximum atomic E-state index is 13.0. The van der Waals surface area contributed by atoms with Crippen molar-refractivity contribution >= 4 is 27.4 Å². The van der Waals surface area contributed by atoms with Gasteiger partial charge in [-0.2, -0.15) is 0 Å². The van der Waals surface area contributed by atoms with Gasteiger partial charge in [-0.1, -0.05) is 18.2 Å². The molecule has 0 aliphatic rings. The number of rotatable bonds is 4. The number of halogens is 1. The number of carbonyl (C=O) groups excluding carboxylic acids is 1. The zero-order valence-electron chi connectivity index (χ0n) is 13.7. The van der Waals surface area contributed by atoms with Crippen LogP contribution in [0, 0.1) is 5.82 Å². The number of hydrogen-bond donors (Lipinski definition) is 0. The van der Waals surface area contributed by atoms with E-state index in [1.807, 2.05) is 24.3 Å². The molecule has 0 spiro atoms. The fourth-order valence-corrected chi connectivity index (χ4v) is 3.41. The zero-order chi connectivity index (χ0) is 18.1. The van der Waals surface area contributed by atoms with E-state index in [2.05, 4.69) is 10.2 Å². The molecule has 0 amide bonds. The highest BCUT2D eigenvalue weighted by atomic mass is 32.1. The Hall–Kier alpha value is -3.06. The van der Waals surface area contributed by atoms with Crippen molar-refractivity contribution in [1.82, 2.24) is 10.2 Å². The maximum Gasteiger partial charge on any atom is 0.349 e. The lowest BCUT2D eigenvalue weighted by Gasteiger charge is -2.07. The molecular weight excluding hydrogens is 355 g/mol. The summed E-state index contributed by atoms with van der Waals surface area (Å²) in [6.07, 6.45) is -0.700. The van der Waals surface area contributed by atoms with Gasteiger partial charge in [0.15, 0.2) is 6.10 Å². The number of ether oxygens (including phenoxy) is 1. The number of aromatic nitrogens is 2. The summed E-state index contributed by atoms with van der Waals surface area (Å²) in [4.78, 5) is 12.9. The lowest BCUT2D eigenvalue weighted by atomic mass is 10.2. The number of esters is 1. The summed E-state index contributed by atoms with van der Waals surface area (Å²) in [6.45, 7) is 1.66. The third kappa shape index (κ3) is 3.21. The molecule has 2 aromatic heterocycles. The van der Waals surface area contributed by atoms with E-state index in [9.17, 15) is 9.18 Å². The van der Waals surface area contributed by atoms with E-state index in [1.54, 1.807) is 25.1 Å². The van der Waals surface area contributed by atoms with Gasteiger partial charge in [-0.15, -0.1) is 21.5 Å². The van der Waals surface area contributed by atoms with Gasteiger partial charge in [0.1, 0.15) is 10.7 Å². The molecule has 0 unspecified atom stereocenters. The Bertz CT molecular complexity index is 1040. The molecule has 0 radical (unpaired) electrons. The van der Waals surface area contributed by atoms with Crippen molar-refractivity contribution in [3.05, 3.63) is 71.2 Å². The Balaban J connectivity index is 1.50. The van der Waals surface area contributed by atoms with Crippen LogP contribution in [0.1, 0.15) is 28.6 Å². The molecule has 26 heavy (non-hydrogen) atoms. The van der Waals surface area contributed by atoms with Gasteiger partial charge >= 0.3 is 5.97 Å². The number of fused-ring (bicyclic) bond motifs is 1. The Labute approximate surface area is 152 Å². The van der Waals surface area contributed by atoms with Crippen molar-refractivity contribution in [3.63, 3.8) is 0 Å². The summed E-state index contributed by atoms with van der Waals surface area (Å²) in [7, 11) is 0. The Morgan fingerprint density at radius 2 is 1.92 bits per heavy atom. The second-order valence-corrected chi connectivity index (χ2v) is 6.73. The van der Waals surface area contributed by atoms with E-state index < -0.39 is 12.1 Å². The molecule has 0 N–H and O–H groups in total. The van der Waals surface area contributed by atoms with Crippen molar-refractivity contribution in [2.75, 3.05) is 0 Å². The van der Waals surface area contributed by atoms with Gasteiger partial charge in [0.2, 0.25) is 5.89 Å². The molecule has 0 fully saturated rings. The van der Waals surface area contributed by atoms with E-state index in [1.165, 1.54) is 23.5 Å². The minimum Gasteiger partial charge on any atom is -0.448 e. The van der Waals surface area contributed by atoms with Gasteiger partial charge in [-0.25, -0.2) is 9.18 Å². The predicted octanol–water partition coefficient (Wildman–Crippen LogP) is 5.01. The van der Waals surface area contributed by atoms with E-state index in [0.29, 0.717) is 10.4 Å². The van der Waals surface area contributed by atoms with Crippen LogP contribution >= 0.6 is 11.3 Å². The fraction of sp³-hybridized carbons (Fsp3) is 0.105. The highest BCUT2D eigenvalue weighted by Gasteiger charge is 2.21. The zero-order valence-corrected chi connectivity index (χ0v) is 14.5. The Morgan fingerprint density at radius 3 is 2.69 bits per heavy atom. The molecular formula is C19H13FN2O3S. The number of hydrogen-bond acceptors (Lipinski definition) is 6. The summed E-state index contributed by atoms with van der Waals surface area (Å²) in [5.74, 6) is -0.372. The van der Waals surface area contributed by atoms with E-state index >= 15 is 0 Å². The lowest BCUT2D eigenvalue weighted by molar-refractivity contribution is 0.0286. The standard InChI is InChI=1S/C19H13FN2O3S/c1-11(17-21-22-18(25-17)12-6-8-14(20)9-7-12)24-19(23)16-10-13-4-2-3-5-15(13)26-16/h2-11H,1H3/t11-/m1/s1. The van der Waals surface area contributed by atoms with Crippen molar-refractivity contribution in [3.8, 4) is 11.5 Å². The van der Waals surface area contributed by atoms with Crippen molar-refractivity contribution in [2.24, 2.45) is 0 Å². The summed E-state index contributed by atoms with van der Waals surface area (Å²) >= 11 is 1.37. The molecule has 4 rings (SSSR count). The van der Waals surface area contributed by atoms with Crippen LogP contribution in [0.5, 0.6) is 0 Å². The molecule has 7 heteroatoms. The molecule has 2 heterocycles. The number of thiophene rings is 1. The van der Waals surface area contributed by atoms with Gasteiger partial charge in [0.05, 0.1) is 0 Å². The predicted molar refractivity (Wildman–Crippen MR) is 95.3 cm³/mol. The topological polar surface area (TPSA) is 65.2 Å². The lowest BCUT2D eigenvalue weighted by Crippen LogP contribution is -2.08.